The molecule has 0 saturated carbocycles. The van der Waals surface area contributed by atoms with Gasteiger partial charge in [-0.25, -0.2) is 0 Å². The quantitative estimate of drug-likeness (QED) is 0.497. The van der Waals surface area contributed by atoms with Crippen LogP contribution in [0, 0.1) is 5.92 Å². The highest BCUT2D eigenvalue weighted by Crippen LogP contribution is 2.19. The lowest BCUT2D eigenvalue weighted by Gasteiger charge is -2.31. The minimum atomic E-state index is -0.429. The SMILES string of the molecule is CC[C@H](C(=O)NCC(C)C)N(CCc1ccccc1)C(=O)CCSc1ccccc1. The van der Waals surface area contributed by atoms with Crippen molar-refractivity contribution >= 4 is 23.6 Å². The molecular weight excluding hydrogens is 392 g/mol. The zero-order valence-corrected chi connectivity index (χ0v) is 19.2. The molecule has 0 saturated heterocycles. The molecule has 4 nitrogen and oxygen atoms in total. The molecule has 5 heteroatoms. The van der Waals surface area contributed by atoms with E-state index in [9.17, 15) is 9.59 Å². The number of nitrogens with zero attached hydrogens (tertiary/aromatic N) is 1. The molecule has 2 aromatic rings. The van der Waals surface area contributed by atoms with Crippen molar-refractivity contribution in [2.45, 2.75) is 51.0 Å². The van der Waals surface area contributed by atoms with E-state index in [-0.39, 0.29) is 11.8 Å². The molecule has 0 fully saturated rings. The Morgan fingerprint density at radius 2 is 1.63 bits per heavy atom. The molecule has 0 aliphatic rings. The molecule has 162 valence electrons. The van der Waals surface area contributed by atoms with Crippen LogP contribution in [-0.4, -0.2) is 41.6 Å². The average molecular weight is 427 g/mol. The molecule has 0 aliphatic heterocycles. The van der Waals surface area contributed by atoms with Gasteiger partial charge in [0.1, 0.15) is 6.04 Å². The lowest BCUT2D eigenvalue weighted by molar-refractivity contribution is -0.140. The van der Waals surface area contributed by atoms with E-state index < -0.39 is 6.04 Å². The number of carbonyl (C=O) groups is 2. The number of hydrogen-bond acceptors (Lipinski definition) is 3. The van der Waals surface area contributed by atoms with Gasteiger partial charge in [0.05, 0.1) is 0 Å². The Morgan fingerprint density at radius 1 is 1.00 bits per heavy atom. The van der Waals surface area contributed by atoms with Gasteiger partial charge in [0.25, 0.3) is 0 Å². The van der Waals surface area contributed by atoms with Crippen LogP contribution in [-0.2, 0) is 16.0 Å². The van der Waals surface area contributed by atoms with Gasteiger partial charge in [0.15, 0.2) is 0 Å². The van der Waals surface area contributed by atoms with Crippen molar-refractivity contribution in [3.05, 3.63) is 66.2 Å². The summed E-state index contributed by atoms with van der Waals surface area (Å²) >= 11 is 1.67. The summed E-state index contributed by atoms with van der Waals surface area (Å²) in [6, 6.07) is 19.8. The van der Waals surface area contributed by atoms with E-state index in [1.807, 2.05) is 43.3 Å². The first-order valence-electron chi connectivity index (χ1n) is 10.8. The van der Waals surface area contributed by atoms with Gasteiger partial charge in [0.2, 0.25) is 11.8 Å². The van der Waals surface area contributed by atoms with Crippen LogP contribution in [0.2, 0.25) is 0 Å². The van der Waals surface area contributed by atoms with E-state index in [0.717, 1.165) is 11.3 Å². The molecular formula is C25H34N2O2S. The highest BCUT2D eigenvalue weighted by molar-refractivity contribution is 7.99. The first-order chi connectivity index (χ1) is 14.5. The molecule has 0 unspecified atom stereocenters. The molecule has 30 heavy (non-hydrogen) atoms. The van der Waals surface area contributed by atoms with Crippen LogP contribution in [0.4, 0.5) is 0 Å². The number of hydrogen-bond donors (Lipinski definition) is 1. The Labute approximate surface area is 185 Å². The lowest BCUT2D eigenvalue weighted by Crippen LogP contribution is -2.50. The first kappa shape index (κ1) is 24.0. The molecule has 0 radical (unpaired) electrons. The lowest BCUT2D eigenvalue weighted by atomic mass is 10.1. The summed E-state index contributed by atoms with van der Waals surface area (Å²) in [7, 11) is 0. The van der Waals surface area contributed by atoms with Crippen molar-refractivity contribution in [3.8, 4) is 0 Å². The summed E-state index contributed by atoms with van der Waals surface area (Å²) in [6.07, 6.45) is 1.77. The zero-order valence-electron chi connectivity index (χ0n) is 18.3. The number of benzene rings is 2. The summed E-state index contributed by atoms with van der Waals surface area (Å²) in [6.45, 7) is 7.29. The van der Waals surface area contributed by atoms with Gasteiger partial charge in [-0.3, -0.25) is 9.59 Å². The fourth-order valence-electron chi connectivity index (χ4n) is 3.23. The largest absolute Gasteiger partial charge is 0.354 e. The van der Waals surface area contributed by atoms with Crippen molar-refractivity contribution < 1.29 is 9.59 Å². The maximum Gasteiger partial charge on any atom is 0.242 e. The Bertz CT molecular complexity index is 765. The smallest absolute Gasteiger partial charge is 0.242 e. The molecule has 2 aromatic carbocycles. The van der Waals surface area contributed by atoms with Gasteiger partial charge in [0, 0.05) is 30.2 Å². The van der Waals surface area contributed by atoms with Crippen molar-refractivity contribution in [2.24, 2.45) is 5.92 Å². The van der Waals surface area contributed by atoms with Gasteiger partial charge >= 0.3 is 0 Å². The van der Waals surface area contributed by atoms with E-state index in [1.54, 1.807) is 16.7 Å². The number of carbonyl (C=O) groups excluding carboxylic acids is 2. The zero-order chi connectivity index (χ0) is 21.8. The topological polar surface area (TPSA) is 49.4 Å². The molecule has 2 rings (SSSR count). The van der Waals surface area contributed by atoms with Crippen LogP contribution in [0.15, 0.2) is 65.6 Å². The van der Waals surface area contributed by atoms with Crippen LogP contribution >= 0.6 is 11.8 Å². The van der Waals surface area contributed by atoms with Gasteiger partial charge < -0.3 is 10.2 Å². The normalized spacial score (nSPS) is 11.9. The molecule has 0 aromatic heterocycles. The molecule has 1 N–H and O–H groups in total. The van der Waals surface area contributed by atoms with Gasteiger partial charge in [-0.05, 0) is 36.5 Å². The molecule has 0 bridgehead atoms. The molecule has 2 amide bonds. The summed E-state index contributed by atoms with van der Waals surface area (Å²) < 4.78 is 0. The van der Waals surface area contributed by atoms with Crippen molar-refractivity contribution in [1.82, 2.24) is 10.2 Å². The van der Waals surface area contributed by atoms with E-state index >= 15 is 0 Å². The highest BCUT2D eigenvalue weighted by atomic mass is 32.2. The Hall–Kier alpha value is -2.27. The van der Waals surface area contributed by atoms with Gasteiger partial charge in [-0.2, -0.15) is 0 Å². The fraction of sp³-hybridized carbons (Fsp3) is 0.440. The number of rotatable bonds is 12. The third-order valence-electron chi connectivity index (χ3n) is 4.88. The Morgan fingerprint density at radius 3 is 2.23 bits per heavy atom. The third-order valence-corrected chi connectivity index (χ3v) is 5.90. The minimum Gasteiger partial charge on any atom is -0.354 e. The van der Waals surface area contributed by atoms with Crippen LogP contribution in [0.1, 0.15) is 39.2 Å². The maximum atomic E-state index is 13.1. The number of nitrogens with one attached hydrogen (secondary N) is 1. The van der Waals surface area contributed by atoms with Crippen molar-refractivity contribution in [1.29, 1.82) is 0 Å². The van der Waals surface area contributed by atoms with E-state index in [1.165, 1.54) is 5.56 Å². The predicted molar refractivity (Wildman–Crippen MR) is 126 cm³/mol. The van der Waals surface area contributed by atoms with Crippen LogP contribution in [0.3, 0.4) is 0 Å². The molecule has 0 heterocycles. The molecule has 1 atom stereocenters. The van der Waals surface area contributed by atoms with Gasteiger partial charge in [-0.15, -0.1) is 11.8 Å². The fourth-order valence-corrected chi connectivity index (χ4v) is 4.10. The second-order valence-electron chi connectivity index (χ2n) is 7.80. The summed E-state index contributed by atoms with van der Waals surface area (Å²) in [4.78, 5) is 28.9. The van der Waals surface area contributed by atoms with E-state index in [2.05, 4.69) is 43.4 Å². The van der Waals surface area contributed by atoms with E-state index in [4.69, 9.17) is 0 Å². The molecule has 0 spiro atoms. The number of amides is 2. The van der Waals surface area contributed by atoms with Crippen molar-refractivity contribution in [3.63, 3.8) is 0 Å². The number of thioether (sulfide) groups is 1. The standard InChI is InChI=1S/C25H34N2O2S/c1-4-23(25(29)26-19-20(2)3)27(17-15-21-11-7-5-8-12-21)24(28)16-18-30-22-13-9-6-10-14-22/h5-14,20,23H,4,15-19H2,1-3H3,(H,26,29)/t23-/m1/s1. The Balaban J connectivity index is 2.03. The first-order valence-corrected chi connectivity index (χ1v) is 11.8. The third kappa shape index (κ3) is 8.23. The predicted octanol–water partition coefficient (Wildman–Crippen LogP) is 4.79. The van der Waals surface area contributed by atoms with Crippen molar-refractivity contribution in [2.75, 3.05) is 18.8 Å². The summed E-state index contributed by atoms with van der Waals surface area (Å²) in [5, 5.41) is 3.01. The van der Waals surface area contributed by atoms with Crippen LogP contribution in [0.25, 0.3) is 0 Å². The second kappa shape index (κ2) is 13.1. The van der Waals surface area contributed by atoms with Gasteiger partial charge in [-0.1, -0.05) is 69.3 Å². The summed E-state index contributed by atoms with van der Waals surface area (Å²) in [5.74, 6) is 1.07. The minimum absolute atomic E-state index is 0.0425. The molecule has 0 aliphatic carbocycles. The average Bonchev–Trinajstić information content (AvgIpc) is 2.76. The van der Waals surface area contributed by atoms with Crippen LogP contribution in [0.5, 0.6) is 0 Å². The van der Waals surface area contributed by atoms with E-state index in [0.29, 0.717) is 37.6 Å². The summed E-state index contributed by atoms with van der Waals surface area (Å²) in [5.41, 5.74) is 1.17. The van der Waals surface area contributed by atoms with Crippen LogP contribution < -0.4 is 5.32 Å². The second-order valence-corrected chi connectivity index (χ2v) is 8.97. The monoisotopic (exact) mass is 426 g/mol. The highest BCUT2D eigenvalue weighted by Gasteiger charge is 2.27. The maximum absolute atomic E-state index is 13.1. The Kier molecular flexibility index (Phi) is 10.5.